The van der Waals surface area contributed by atoms with Gasteiger partial charge in [0.25, 0.3) is 0 Å². The van der Waals surface area contributed by atoms with Gasteiger partial charge < -0.3 is 15.5 Å². The van der Waals surface area contributed by atoms with Crippen molar-refractivity contribution in [1.82, 2.24) is 25.3 Å². The Bertz CT molecular complexity index is 821. The minimum atomic E-state index is 0. The molecule has 1 saturated heterocycles. The number of piperidine rings is 1. The zero-order valence-corrected chi connectivity index (χ0v) is 21.3. The fourth-order valence-corrected chi connectivity index (χ4v) is 4.08. The Balaban J connectivity index is 0.00000320. The van der Waals surface area contributed by atoms with Crippen molar-refractivity contribution in [2.45, 2.75) is 53.1 Å². The third-order valence-electron chi connectivity index (χ3n) is 5.45. The van der Waals surface area contributed by atoms with Gasteiger partial charge in [-0.05, 0) is 50.3 Å². The maximum absolute atomic E-state index is 4.65. The lowest BCUT2D eigenvalue weighted by Crippen LogP contribution is -2.49. The van der Waals surface area contributed by atoms with Crippen LogP contribution in [0.5, 0.6) is 0 Å². The van der Waals surface area contributed by atoms with Crippen LogP contribution in [0.25, 0.3) is 5.69 Å². The predicted octanol–water partition coefficient (Wildman–Crippen LogP) is 3.89. The minimum Gasteiger partial charge on any atom is -0.354 e. The lowest BCUT2D eigenvalue weighted by molar-refractivity contribution is 0.187. The average Bonchev–Trinajstić information content (AvgIpc) is 3.04. The van der Waals surface area contributed by atoms with Crippen LogP contribution in [0.2, 0.25) is 0 Å². The standard InChI is InChI=1S/C23H36N6.HI/c1-17(2)16-28-12-10-21(11-13-28)26-23(24-5)25-15-20-8-6-7-9-22(20)29-19(4)14-18(3)27-29;/h6-9,14,17,21H,10-13,15-16H2,1-5H3,(H2,24,25,26);1H. The van der Waals surface area contributed by atoms with Crippen LogP contribution in [0.3, 0.4) is 0 Å². The number of guanidine groups is 1. The van der Waals surface area contributed by atoms with Crippen molar-refractivity contribution < 1.29 is 0 Å². The highest BCUT2D eigenvalue weighted by atomic mass is 127. The first-order valence-corrected chi connectivity index (χ1v) is 10.8. The molecule has 6 nitrogen and oxygen atoms in total. The molecule has 0 aliphatic carbocycles. The highest BCUT2D eigenvalue weighted by molar-refractivity contribution is 14.0. The SMILES string of the molecule is CN=C(NCc1ccccc1-n1nc(C)cc1C)NC1CCN(CC(C)C)CC1.I. The van der Waals surface area contributed by atoms with Gasteiger partial charge in [-0.2, -0.15) is 5.10 Å². The fraction of sp³-hybridized carbons (Fsp3) is 0.565. The summed E-state index contributed by atoms with van der Waals surface area (Å²) in [4.78, 5) is 7.02. The largest absolute Gasteiger partial charge is 0.354 e. The summed E-state index contributed by atoms with van der Waals surface area (Å²) in [7, 11) is 1.84. The molecule has 0 radical (unpaired) electrons. The second-order valence-electron chi connectivity index (χ2n) is 8.51. The maximum Gasteiger partial charge on any atom is 0.191 e. The Kier molecular flexibility index (Phi) is 9.61. The molecule has 0 saturated carbocycles. The van der Waals surface area contributed by atoms with Gasteiger partial charge in [0.05, 0.1) is 11.4 Å². The third-order valence-corrected chi connectivity index (χ3v) is 5.45. The summed E-state index contributed by atoms with van der Waals surface area (Å²) >= 11 is 0. The van der Waals surface area contributed by atoms with Crippen molar-refractivity contribution in [3.63, 3.8) is 0 Å². The molecule has 1 aliphatic rings. The van der Waals surface area contributed by atoms with Gasteiger partial charge in [0.2, 0.25) is 0 Å². The van der Waals surface area contributed by atoms with Crippen LogP contribution in [0, 0.1) is 19.8 Å². The summed E-state index contributed by atoms with van der Waals surface area (Å²) in [5.74, 6) is 1.60. The molecule has 7 heteroatoms. The van der Waals surface area contributed by atoms with E-state index in [-0.39, 0.29) is 24.0 Å². The van der Waals surface area contributed by atoms with E-state index in [1.54, 1.807) is 0 Å². The molecule has 2 heterocycles. The Labute approximate surface area is 198 Å². The zero-order valence-electron chi connectivity index (χ0n) is 19.0. The van der Waals surface area contributed by atoms with Crippen molar-refractivity contribution in [3.05, 3.63) is 47.3 Å². The molecule has 30 heavy (non-hydrogen) atoms. The smallest absolute Gasteiger partial charge is 0.191 e. The van der Waals surface area contributed by atoms with Gasteiger partial charge in [-0.1, -0.05) is 32.0 Å². The van der Waals surface area contributed by atoms with E-state index in [0.717, 1.165) is 54.9 Å². The molecule has 0 bridgehead atoms. The molecule has 0 spiro atoms. The number of rotatable bonds is 6. The van der Waals surface area contributed by atoms with E-state index in [2.05, 4.69) is 76.7 Å². The van der Waals surface area contributed by atoms with Crippen LogP contribution in [-0.4, -0.2) is 53.4 Å². The number of aliphatic imine (C=N–C) groups is 1. The number of para-hydroxylation sites is 1. The summed E-state index contributed by atoms with van der Waals surface area (Å²) in [5.41, 5.74) is 4.49. The number of likely N-dealkylation sites (tertiary alicyclic amines) is 1. The van der Waals surface area contributed by atoms with Gasteiger partial charge in [0, 0.05) is 45.0 Å². The average molecular weight is 524 g/mol. The highest BCUT2D eigenvalue weighted by Crippen LogP contribution is 2.17. The molecule has 1 aromatic heterocycles. The second kappa shape index (κ2) is 11.7. The van der Waals surface area contributed by atoms with Gasteiger partial charge >= 0.3 is 0 Å². The number of nitrogens with zero attached hydrogens (tertiary/aromatic N) is 4. The molecule has 1 aliphatic heterocycles. The fourth-order valence-electron chi connectivity index (χ4n) is 4.08. The maximum atomic E-state index is 4.65. The molecular weight excluding hydrogens is 487 g/mol. The summed E-state index contributed by atoms with van der Waals surface area (Å²) in [5, 5.41) is 11.8. The first-order chi connectivity index (χ1) is 14.0. The molecule has 0 atom stereocenters. The van der Waals surface area contributed by atoms with E-state index in [9.17, 15) is 0 Å². The zero-order chi connectivity index (χ0) is 20.8. The van der Waals surface area contributed by atoms with E-state index in [1.165, 1.54) is 12.1 Å². The van der Waals surface area contributed by atoms with E-state index < -0.39 is 0 Å². The Hall–Kier alpha value is -1.61. The van der Waals surface area contributed by atoms with Crippen LogP contribution < -0.4 is 10.6 Å². The van der Waals surface area contributed by atoms with E-state index in [1.807, 2.05) is 18.7 Å². The Morgan fingerprint density at radius 2 is 1.90 bits per heavy atom. The number of benzene rings is 1. The van der Waals surface area contributed by atoms with Crippen LogP contribution in [0.1, 0.15) is 43.6 Å². The molecular formula is C23H37IN6. The van der Waals surface area contributed by atoms with Gasteiger partial charge in [0.1, 0.15) is 0 Å². The molecule has 2 aromatic rings. The summed E-state index contributed by atoms with van der Waals surface area (Å²) < 4.78 is 2.02. The molecule has 2 N–H and O–H groups in total. The van der Waals surface area contributed by atoms with Crippen molar-refractivity contribution in [3.8, 4) is 5.69 Å². The van der Waals surface area contributed by atoms with Crippen molar-refractivity contribution in [1.29, 1.82) is 0 Å². The summed E-state index contributed by atoms with van der Waals surface area (Å²) in [6.45, 7) is 12.9. The number of aryl methyl sites for hydroxylation is 2. The Morgan fingerprint density at radius 3 is 2.50 bits per heavy atom. The number of aromatic nitrogens is 2. The van der Waals surface area contributed by atoms with Crippen LogP contribution in [-0.2, 0) is 6.54 Å². The predicted molar refractivity (Wildman–Crippen MR) is 136 cm³/mol. The normalized spacial score (nSPS) is 15.9. The monoisotopic (exact) mass is 524 g/mol. The van der Waals surface area contributed by atoms with E-state index >= 15 is 0 Å². The number of hydrogen-bond acceptors (Lipinski definition) is 3. The topological polar surface area (TPSA) is 57.5 Å². The van der Waals surface area contributed by atoms with E-state index in [0.29, 0.717) is 12.6 Å². The number of nitrogens with one attached hydrogen (secondary N) is 2. The van der Waals surface area contributed by atoms with Crippen LogP contribution in [0.4, 0.5) is 0 Å². The van der Waals surface area contributed by atoms with Gasteiger partial charge in [-0.25, -0.2) is 4.68 Å². The van der Waals surface area contributed by atoms with Crippen molar-refractivity contribution in [2.24, 2.45) is 10.9 Å². The molecule has 166 valence electrons. The van der Waals surface area contributed by atoms with Gasteiger partial charge in [-0.3, -0.25) is 4.99 Å². The third kappa shape index (κ3) is 6.70. The molecule has 3 rings (SSSR count). The summed E-state index contributed by atoms with van der Waals surface area (Å²) in [6, 6.07) is 11.0. The lowest BCUT2D eigenvalue weighted by atomic mass is 10.0. The molecule has 1 aromatic carbocycles. The molecule has 0 amide bonds. The second-order valence-corrected chi connectivity index (χ2v) is 8.51. The lowest BCUT2D eigenvalue weighted by Gasteiger charge is -2.34. The van der Waals surface area contributed by atoms with Crippen molar-refractivity contribution >= 4 is 29.9 Å². The number of hydrogen-bond donors (Lipinski definition) is 2. The first-order valence-electron chi connectivity index (χ1n) is 10.8. The molecule has 0 unspecified atom stereocenters. The molecule has 1 fully saturated rings. The van der Waals surface area contributed by atoms with Crippen molar-refractivity contribution in [2.75, 3.05) is 26.7 Å². The number of halogens is 1. The van der Waals surface area contributed by atoms with Crippen LogP contribution >= 0.6 is 24.0 Å². The Morgan fingerprint density at radius 1 is 1.20 bits per heavy atom. The van der Waals surface area contributed by atoms with E-state index in [4.69, 9.17) is 0 Å². The van der Waals surface area contributed by atoms with Crippen LogP contribution in [0.15, 0.2) is 35.3 Å². The first kappa shape index (κ1) is 24.7. The van der Waals surface area contributed by atoms with Gasteiger partial charge in [0.15, 0.2) is 5.96 Å². The minimum absolute atomic E-state index is 0. The summed E-state index contributed by atoms with van der Waals surface area (Å²) in [6.07, 6.45) is 2.32. The quantitative estimate of drug-likeness (QED) is 0.342. The van der Waals surface area contributed by atoms with Gasteiger partial charge in [-0.15, -0.1) is 24.0 Å². The highest BCUT2D eigenvalue weighted by Gasteiger charge is 2.20.